The SMILES string of the molecule is NCC1CCc2c[c-]ccc2O1.[Y]. The van der Waals surface area contributed by atoms with Crippen molar-refractivity contribution in [1.29, 1.82) is 0 Å². The van der Waals surface area contributed by atoms with Gasteiger partial charge in [-0.3, -0.25) is 0 Å². The average molecular weight is 251 g/mol. The van der Waals surface area contributed by atoms with Crippen LogP contribution in [0.4, 0.5) is 0 Å². The van der Waals surface area contributed by atoms with Crippen molar-refractivity contribution in [1.82, 2.24) is 0 Å². The summed E-state index contributed by atoms with van der Waals surface area (Å²) in [4.78, 5) is 0. The van der Waals surface area contributed by atoms with Crippen LogP contribution < -0.4 is 10.5 Å². The molecule has 1 aromatic carbocycles. The Morgan fingerprint density at radius 2 is 2.46 bits per heavy atom. The number of nitrogens with two attached hydrogens (primary N) is 1. The van der Waals surface area contributed by atoms with E-state index in [4.69, 9.17) is 10.5 Å². The summed E-state index contributed by atoms with van der Waals surface area (Å²) in [7, 11) is 0. The minimum absolute atomic E-state index is 0. The van der Waals surface area contributed by atoms with E-state index in [-0.39, 0.29) is 38.8 Å². The van der Waals surface area contributed by atoms with Crippen molar-refractivity contribution in [2.24, 2.45) is 5.73 Å². The first-order valence-corrected chi connectivity index (χ1v) is 4.26. The molecule has 1 unspecified atom stereocenters. The molecule has 1 aliphatic heterocycles. The Balaban J connectivity index is 0.000000845. The summed E-state index contributed by atoms with van der Waals surface area (Å²) in [5.41, 5.74) is 6.78. The van der Waals surface area contributed by atoms with Crippen molar-refractivity contribution in [2.75, 3.05) is 6.54 Å². The maximum Gasteiger partial charge on any atom is 0.107 e. The molecule has 1 radical (unpaired) electrons. The molecule has 0 spiro atoms. The summed E-state index contributed by atoms with van der Waals surface area (Å²) in [6.07, 6.45) is 2.30. The van der Waals surface area contributed by atoms with E-state index in [0.29, 0.717) is 6.54 Å². The number of aryl methyl sites for hydroxylation is 1. The average Bonchev–Trinajstić information content (AvgIpc) is 2.17. The van der Waals surface area contributed by atoms with Crippen molar-refractivity contribution in [2.45, 2.75) is 18.9 Å². The molecular formula is C10H12NOY-. The van der Waals surface area contributed by atoms with Crippen LogP contribution in [0.2, 0.25) is 0 Å². The van der Waals surface area contributed by atoms with Crippen LogP contribution in [-0.4, -0.2) is 12.6 Å². The van der Waals surface area contributed by atoms with Gasteiger partial charge in [0.1, 0.15) is 6.10 Å². The quantitative estimate of drug-likeness (QED) is 0.759. The molecule has 1 aromatic rings. The van der Waals surface area contributed by atoms with E-state index < -0.39 is 0 Å². The van der Waals surface area contributed by atoms with Gasteiger partial charge in [0.25, 0.3) is 0 Å². The van der Waals surface area contributed by atoms with Gasteiger partial charge in [0.15, 0.2) is 0 Å². The molecule has 0 aliphatic carbocycles. The van der Waals surface area contributed by atoms with Crippen LogP contribution in [0.15, 0.2) is 18.2 Å². The van der Waals surface area contributed by atoms with E-state index in [9.17, 15) is 0 Å². The van der Waals surface area contributed by atoms with Gasteiger partial charge < -0.3 is 10.5 Å². The monoisotopic (exact) mass is 251 g/mol. The molecule has 2 rings (SSSR count). The summed E-state index contributed by atoms with van der Waals surface area (Å²) in [6, 6.07) is 8.86. The van der Waals surface area contributed by atoms with Gasteiger partial charge in [-0.15, -0.1) is 11.6 Å². The van der Waals surface area contributed by atoms with Crippen LogP contribution in [0.25, 0.3) is 0 Å². The maximum absolute atomic E-state index is 5.64. The second-order valence-corrected chi connectivity index (χ2v) is 3.05. The third-order valence-corrected chi connectivity index (χ3v) is 2.20. The van der Waals surface area contributed by atoms with Crippen molar-refractivity contribution in [3.8, 4) is 5.75 Å². The number of hydrogen-bond acceptors (Lipinski definition) is 2. The Hall–Kier alpha value is 0.0839. The first kappa shape index (κ1) is 11.2. The number of rotatable bonds is 1. The van der Waals surface area contributed by atoms with Crippen molar-refractivity contribution in [3.63, 3.8) is 0 Å². The second-order valence-electron chi connectivity index (χ2n) is 3.05. The molecule has 1 heterocycles. The standard InChI is InChI=1S/C10H12NO.Y/c11-7-9-6-5-8-3-1-2-4-10(8)12-9;/h2-4,9H,5-7,11H2;/q-1;. The summed E-state index contributed by atoms with van der Waals surface area (Å²) in [6.45, 7) is 0.609. The van der Waals surface area contributed by atoms with Gasteiger partial charge in [-0.1, -0.05) is 6.42 Å². The Morgan fingerprint density at radius 1 is 1.62 bits per heavy atom. The topological polar surface area (TPSA) is 35.2 Å². The van der Waals surface area contributed by atoms with Crippen molar-refractivity contribution >= 4 is 0 Å². The molecule has 0 amide bonds. The molecular weight excluding hydrogens is 239 g/mol. The van der Waals surface area contributed by atoms with Gasteiger partial charge in [-0.25, -0.2) is 0 Å². The molecule has 2 N–H and O–H groups in total. The Bertz CT molecular complexity index is 277. The van der Waals surface area contributed by atoms with E-state index in [1.165, 1.54) is 5.56 Å². The molecule has 3 heteroatoms. The number of hydrogen-bond donors (Lipinski definition) is 1. The first-order chi connectivity index (χ1) is 5.90. The predicted octanol–water partition coefficient (Wildman–Crippen LogP) is 1.14. The molecule has 67 valence electrons. The normalized spacial score (nSPS) is 19.6. The van der Waals surface area contributed by atoms with Gasteiger partial charge in [0, 0.05) is 45.0 Å². The van der Waals surface area contributed by atoms with Crippen LogP contribution in [0.3, 0.4) is 0 Å². The van der Waals surface area contributed by atoms with E-state index in [1.807, 2.05) is 18.2 Å². The van der Waals surface area contributed by atoms with Crippen molar-refractivity contribution in [3.05, 3.63) is 29.8 Å². The van der Waals surface area contributed by atoms with E-state index >= 15 is 0 Å². The summed E-state index contributed by atoms with van der Waals surface area (Å²) < 4.78 is 5.64. The number of ether oxygens (including phenoxy) is 1. The van der Waals surface area contributed by atoms with Gasteiger partial charge in [-0.2, -0.15) is 18.2 Å². The van der Waals surface area contributed by atoms with Crippen LogP contribution in [-0.2, 0) is 39.1 Å². The van der Waals surface area contributed by atoms with Crippen molar-refractivity contribution < 1.29 is 37.4 Å². The van der Waals surface area contributed by atoms with E-state index in [0.717, 1.165) is 18.6 Å². The third kappa shape index (κ3) is 2.52. The molecule has 1 aliphatic rings. The molecule has 0 aromatic heterocycles. The Morgan fingerprint density at radius 3 is 3.23 bits per heavy atom. The van der Waals surface area contributed by atoms with Gasteiger partial charge in [-0.05, 0) is 6.42 Å². The Kier molecular flexibility index (Phi) is 4.37. The second kappa shape index (κ2) is 5.09. The molecule has 2 nitrogen and oxygen atoms in total. The van der Waals surface area contributed by atoms with Gasteiger partial charge >= 0.3 is 0 Å². The zero-order chi connectivity index (χ0) is 8.39. The van der Waals surface area contributed by atoms with E-state index in [2.05, 4.69) is 6.07 Å². The minimum Gasteiger partial charge on any atom is -0.514 e. The van der Waals surface area contributed by atoms with Crippen LogP contribution in [0.1, 0.15) is 12.0 Å². The van der Waals surface area contributed by atoms with Crippen LogP contribution in [0, 0.1) is 6.07 Å². The first-order valence-electron chi connectivity index (χ1n) is 4.26. The molecule has 13 heavy (non-hydrogen) atoms. The molecule has 0 saturated heterocycles. The zero-order valence-electron chi connectivity index (χ0n) is 7.49. The van der Waals surface area contributed by atoms with Crippen LogP contribution in [0.5, 0.6) is 5.75 Å². The zero-order valence-corrected chi connectivity index (χ0v) is 10.3. The summed E-state index contributed by atoms with van der Waals surface area (Å²) in [5, 5.41) is 0. The predicted molar refractivity (Wildman–Crippen MR) is 47.1 cm³/mol. The van der Waals surface area contributed by atoms with Gasteiger partial charge in [0.2, 0.25) is 0 Å². The number of benzene rings is 1. The fourth-order valence-electron chi connectivity index (χ4n) is 1.48. The smallest absolute Gasteiger partial charge is 0.107 e. The Labute approximate surface area is 104 Å². The van der Waals surface area contributed by atoms with E-state index in [1.54, 1.807) is 0 Å². The molecule has 0 fully saturated rings. The summed E-state index contributed by atoms with van der Waals surface area (Å²) in [5.74, 6) is 0.982. The minimum atomic E-state index is 0. The fraction of sp³-hybridized carbons (Fsp3) is 0.400. The molecule has 0 saturated carbocycles. The fourth-order valence-corrected chi connectivity index (χ4v) is 1.48. The van der Waals surface area contributed by atoms with Crippen LogP contribution >= 0.6 is 0 Å². The summed E-state index contributed by atoms with van der Waals surface area (Å²) >= 11 is 0. The maximum atomic E-state index is 5.64. The molecule has 1 atom stereocenters. The largest absolute Gasteiger partial charge is 0.514 e. The third-order valence-electron chi connectivity index (χ3n) is 2.20. The molecule has 0 bridgehead atoms. The number of fused-ring (bicyclic) bond motifs is 1. The van der Waals surface area contributed by atoms with Gasteiger partial charge in [0.05, 0.1) is 0 Å².